The van der Waals surface area contributed by atoms with Gasteiger partial charge in [0.2, 0.25) is 0 Å². The highest BCUT2D eigenvalue weighted by molar-refractivity contribution is 5.45. The number of aliphatic hydroxyl groups is 1. The summed E-state index contributed by atoms with van der Waals surface area (Å²) in [6, 6.07) is 13.4. The number of rotatable bonds is 11. The van der Waals surface area contributed by atoms with Crippen molar-refractivity contribution in [1.82, 2.24) is 4.90 Å². The van der Waals surface area contributed by atoms with E-state index in [2.05, 4.69) is 15.1 Å². The number of unbranched alkanes of at least 4 members (excludes halogenated alkanes) is 3. The zero-order valence-corrected chi connectivity index (χ0v) is 17.7. The SMILES string of the molecule is O=[N+]([O-])c1ccc(N=Nc2ccc(OCCCCCCN3CCC(O)CC3)cc2)cc1. The average Bonchev–Trinajstić information content (AvgIpc) is 2.79. The molecule has 1 fully saturated rings. The van der Waals surface area contributed by atoms with Crippen molar-refractivity contribution in [2.75, 3.05) is 26.2 Å². The first-order valence-electron chi connectivity index (χ1n) is 10.9. The molecular weight excluding hydrogens is 396 g/mol. The topological polar surface area (TPSA) is 101 Å². The molecule has 0 spiro atoms. The van der Waals surface area contributed by atoms with Gasteiger partial charge in [-0.1, -0.05) is 12.8 Å². The Bertz CT molecular complexity index is 832. The number of azo groups is 1. The fourth-order valence-corrected chi connectivity index (χ4v) is 3.49. The van der Waals surface area contributed by atoms with Gasteiger partial charge < -0.3 is 14.7 Å². The van der Waals surface area contributed by atoms with Crippen LogP contribution in [-0.4, -0.2) is 47.3 Å². The predicted octanol–water partition coefficient (Wildman–Crippen LogP) is 5.41. The van der Waals surface area contributed by atoms with Crippen LogP contribution in [0.25, 0.3) is 0 Å². The third kappa shape index (κ3) is 8.07. The number of piperidine rings is 1. The summed E-state index contributed by atoms with van der Waals surface area (Å²) < 4.78 is 5.79. The van der Waals surface area contributed by atoms with Gasteiger partial charge in [-0.05, 0) is 68.6 Å². The van der Waals surface area contributed by atoms with Gasteiger partial charge in [-0.25, -0.2) is 0 Å². The molecule has 0 aliphatic carbocycles. The Morgan fingerprint density at radius 2 is 1.52 bits per heavy atom. The summed E-state index contributed by atoms with van der Waals surface area (Å²) in [6.07, 6.45) is 6.30. The highest BCUT2D eigenvalue weighted by atomic mass is 16.6. The third-order valence-electron chi connectivity index (χ3n) is 5.37. The zero-order chi connectivity index (χ0) is 21.9. The first kappa shape index (κ1) is 22.8. The summed E-state index contributed by atoms with van der Waals surface area (Å²) in [5, 5.41) is 28.4. The van der Waals surface area contributed by atoms with E-state index in [1.807, 2.05) is 24.3 Å². The van der Waals surface area contributed by atoms with E-state index in [1.54, 1.807) is 12.1 Å². The summed E-state index contributed by atoms with van der Waals surface area (Å²) in [6.45, 7) is 3.87. The maximum atomic E-state index is 10.7. The van der Waals surface area contributed by atoms with Crippen LogP contribution in [0.1, 0.15) is 38.5 Å². The molecule has 8 heteroatoms. The van der Waals surface area contributed by atoms with E-state index in [0.717, 1.165) is 51.1 Å². The van der Waals surface area contributed by atoms with Crippen molar-refractivity contribution in [3.63, 3.8) is 0 Å². The van der Waals surface area contributed by atoms with Crippen LogP contribution in [0.3, 0.4) is 0 Å². The molecule has 0 unspecified atom stereocenters. The van der Waals surface area contributed by atoms with Gasteiger partial charge in [-0.3, -0.25) is 10.1 Å². The number of nitro groups is 1. The Morgan fingerprint density at radius 3 is 2.13 bits per heavy atom. The molecule has 0 atom stereocenters. The molecule has 0 saturated carbocycles. The van der Waals surface area contributed by atoms with Gasteiger partial charge in [0.05, 0.1) is 29.0 Å². The van der Waals surface area contributed by atoms with Crippen LogP contribution in [0.5, 0.6) is 5.75 Å². The maximum absolute atomic E-state index is 10.7. The van der Waals surface area contributed by atoms with Crippen LogP contribution < -0.4 is 4.74 Å². The molecule has 0 aromatic heterocycles. The second-order valence-corrected chi connectivity index (χ2v) is 7.80. The molecule has 31 heavy (non-hydrogen) atoms. The van der Waals surface area contributed by atoms with E-state index in [4.69, 9.17) is 4.74 Å². The van der Waals surface area contributed by atoms with E-state index < -0.39 is 4.92 Å². The summed E-state index contributed by atoms with van der Waals surface area (Å²) in [5.74, 6) is 0.807. The van der Waals surface area contributed by atoms with Gasteiger partial charge in [-0.15, -0.1) is 0 Å². The third-order valence-corrected chi connectivity index (χ3v) is 5.37. The number of nitro benzene ring substituents is 1. The van der Waals surface area contributed by atoms with E-state index in [1.165, 1.54) is 25.0 Å². The van der Waals surface area contributed by atoms with Gasteiger partial charge in [0.15, 0.2) is 0 Å². The number of aliphatic hydroxyl groups excluding tert-OH is 1. The van der Waals surface area contributed by atoms with Crippen molar-refractivity contribution in [2.45, 2.75) is 44.6 Å². The Hall–Kier alpha value is -2.84. The minimum atomic E-state index is -0.442. The molecule has 1 N–H and O–H groups in total. The van der Waals surface area contributed by atoms with Crippen LogP contribution in [0.2, 0.25) is 0 Å². The van der Waals surface area contributed by atoms with Gasteiger partial charge in [0.25, 0.3) is 5.69 Å². The van der Waals surface area contributed by atoms with Crippen molar-refractivity contribution in [1.29, 1.82) is 0 Å². The minimum Gasteiger partial charge on any atom is -0.494 e. The van der Waals surface area contributed by atoms with Gasteiger partial charge in [0, 0.05) is 25.2 Å². The lowest BCUT2D eigenvalue weighted by Gasteiger charge is -2.29. The lowest BCUT2D eigenvalue weighted by Crippen LogP contribution is -2.36. The smallest absolute Gasteiger partial charge is 0.269 e. The summed E-state index contributed by atoms with van der Waals surface area (Å²) in [4.78, 5) is 12.7. The first-order chi connectivity index (χ1) is 15.1. The van der Waals surface area contributed by atoms with E-state index in [9.17, 15) is 15.2 Å². The monoisotopic (exact) mass is 426 g/mol. The van der Waals surface area contributed by atoms with Gasteiger partial charge >= 0.3 is 0 Å². The summed E-state index contributed by atoms with van der Waals surface area (Å²) in [7, 11) is 0. The van der Waals surface area contributed by atoms with Gasteiger partial charge in [0.1, 0.15) is 5.75 Å². The van der Waals surface area contributed by atoms with E-state index in [-0.39, 0.29) is 11.8 Å². The number of hydrogen-bond acceptors (Lipinski definition) is 7. The lowest BCUT2D eigenvalue weighted by molar-refractivity contribution is -0.384. The molecule has 0 bridgehead atoms. The number of ether oxygens (including phenoxy) is 1. The van der Waals surface area contributed by atoms with Crippen LogP contribution in [0.4, 0.5) is 17.1 Å². The molecule has 1 saturated heterocycles. The number of hydrogen-bond donors (Lipinski definition) is 1. The molecule has 1 aliphatic heterocycles. The molecule has 1 heterocycles. The number of benzene rings is 2. The highest BCUT2D eigenvalue weighted by Gasteiger charge is 2.15. The first-order valence-corrected chi connectivity index (χ1v) is 10.9. The van der Waals surface area contributed by atoms with Crippen LogP contribution >= 0.6 is 0 Å². The average molecular weight is 427 g/mol. The quantitative estimate of drug-likeness (QED) is 0.224. The second kappa shape index (κ2) is 12.1. The Morgan fingerprint density at radius 1 is 0.935 bits per heavy atom. The van der Waals surface area contributed by atoms with Crippen LogP contribution in [0, 0.1) is 10.1 Å². The molecule has 166 valence electrons. The number of non-ortho nitro benzene ring substituents is 1. The van der Waals surface area contributed by atoms with E-state index >= 15 is 0 Å². The Kier molecular flexibility index (Phi) is 8.93. The van der Waals surface area contributed by atoms with Crippen molar-refractivity contribution < 1.29 is 14.8 Å². The van der Waals surface area contributed by atoms with E-state index in [0.29, 0.717) is 18.0 Å². The second-order valence-electron chi connectivity index (χ2n) is 7.80. The summed E-state index contributed by atoms with van der Waals surface area (Å²) >= 11 is 0. The summed E-state index contributed by atoms with van der Waals surface area (Å²) in [5.41, 5.74) is 1.28. The van der Waals surface area contributed by atoms with Crippen molar-refractivity contribution in [2.24, 2.45) is 10.2 Å². The Balaban J connectivity index is 1.29. The molecular formula is C23H30N4O4. The zero-order valence-electron chi connectivity index (χ0n) is 17.7. The predicted molar refractivity (Wildman–Crippen MR) is 119 cm³/mol. The normalized spacial score (nSPS) is 15.4. The Labute approximate surface area is 182 Å². The molecule has 1 aliphatic rings. The van der Waals surface area contributed by atoms with Crippen molar-refractivity contribution in [3.05, 3.63) is 58.6 Å². The fraction of sp³-hybridized carbons (Fsp3) is 0.478. The molecule has 2 aromatic rings. The standard InChI is InChI=1S/C23H30N4O4/c28-22-13-16-26(17-14-22)15-3-1-2-4-18-31-23-11-7-20(8-12-23)25-24-19-5-9-21(10-6-19)27(29)30/h5-12,22,28H,1-4,13-18H2. The number of likely N-dealkylation sites (tertiary alicyclic amines) is 1. The molecule has 0 radical (unpaired) electrons. The molecule has 2 aromatic carbocycles. The largest absolute Gasteiger partial charge is 0.494 e. The van der Waals surface area contributed by atoms with Crippen LogP contribution in [-0.2, 0) is 0 Å². The molecule has 0 amide bonds. The maximum Gasteiger partial charge on any atom is 0.269 e. The van der Waals surface area contributed by atoms with Crippen molar-refractivity contribution in [3.8, 4) is 5.75 Å². The highest BCUT2D eigenvalue weighted by Crippen LogP contribution is 2.23. The molecule has 8 nitrogen and oxygen atoms in total. The van der Waals surface area contributed by atoms with Crippen molar-refractivity contribution >= 4 is 17.1 Å². The van der Waals surface area contributed by atoms with Crippen LogP contribution in [0.15, 0.2) is 58.8 Å². The number of nitrogens with zero attached hydrogens (tertiary/aromatic N) is 4. The fourth-order valence-electron chi connectivity index (χ4n) is 3.49. The van der Waals surface area contributed by atoms with Gasteiger partial charge in [-0.2, -0.15) is 10.2 Å². The minimum absolute atomic E-state index is 0.0307. The lowest BCUT2D eigenvalue weighted by atomic mass is 10.1. The molecule has 3 rings (SSSR count).